The molecule has 4 nitrogen and oxygen atoms in total. The molecule has 0 unspecified atom stereocenters. The summed E-state index contributed by atoms with van der Waals surface area (Å²) in [5, 5.41) is 3.35. The zero-order valence-corrected chi connectivity index (χ0v) is 12.8. The molecular weight excluding hydrogens is 296 g/mol. The zero-order chi connectivity index (χ0) is 15.5. The molecule has 2 aromatic rings. The van der Waals surface area contributed by atoms with Gasteiger partial charge >= 0.3 is 0 Å². The van der Waals surface area contributed by atoms with Crippen LogP contribution in [0, 0.1) is 0 Å². The number of hydrogen-bond acceptors (Lipinski definition) is 3. The molecule has 0 aromatic heterocycles. The summed E-state index contributed by atoms with van der Waals surface area (Å²) >= 11 is 5.27. The summed E-state index contributed by atoms with van der Waals surface area (Å²) in [6, 6.07) is 16.8. The van der Waals surface area contributed by atoms with Gasteiger partial charge in [-0.05, 0) is 48.1 Å². The van der Waals surface area contributed by atoms with Crippen molar-refractivity contribution in [2.45, 2.75) is 0 Å². The third-order valence-electron chi connectivity index (χ3n) is 3.30. The van der Waals surface area contributed by atoms with Crippen LogP contribution < -0.4 is 15.0 Å². The first-order valence-electron chi connectivity index (χ1n) is 6.75. The van der Waals surface area contributed by atoms with Crippen LogP contribution in [0.4, 0.5) is 5.69 Å². The summed E-state index contributed by atoms with van der Waals surface area (Å²) in [5.41, 5.74) is 2.06. The van der Waals surface area contributed by atoms with Gasteiger partial charge < -0.3 is 10.1 Å². The smallest absolute Gasteiger partial charge is 0.281 e. The maximum atomic E-state index is 12.6. The van der Waals surface area contributed by atoms with Gasteiger partial charge in [0.15, 0.2) is 5.11 Å². The predicted octanol–water partition coefficient (Wildman–Crippen LogP) is 2.96. The van der Waals surface area contributed by atoms with E-state index in [1.807, 2.05) is 54.6 Å². The van der Waals surface area contributed by atoms with Crippen LogP contribution in [0.15, 0.2) is 60.3 Å². The van der Waals surface area contributed by atoms with Gasteiger partial charge in [0.1, 0.15) is 11.4 Å². The standard InChI is InChI=1S/C17H14N2O2S/c1-21-14-9-5-6-12(10-14)11-15-16(20)19(17(22)18-15)13-7-3-2-4-8-13/h2-11H,1H3,(H,18,22). The number of nitrogens with one attached hydrogen (secondary N) is 1. The van der Waals surface area contributed by atoms with E-state index in [-0.39, 0.29) is 5.91 Å². The van der Waals surface area contributed by atoms with Crippen molar-refractivity contribution in [3.8, 4) is 5.75 Å². The molecule has 22 heavy (non-hydrogen) atoms. The molecule has 0 saturated carbocycles. The predicted molar refractivity (Wildman–Crippen MR) is 90.6 cm³/mol. The maximum absolute atomic E-state index is 12.6. The molecule has 1 N–H and O–H groups in total. The van der Waals surface area contributed by atoms with Crippen molar-refractivity contribution in [3.05, 3.63) is 65.9 Å². The first-order chi connectivity index (χ1) is 10.7. The lowest BCUT2D eigenvalue weighted by atomic mass is 10.2. The molecular formula is C17H14N2O2S. The van der Waals surface area contributed by atoms with Gasteiger partial charge in [-0.3, -0.25) is 9.69 Å². The van der Waals surface area contributed by atoms with E-state index in [0.29, 0.717) is 10.8 Å². The Kier molecular flexibility index (Phi) is 3.89. The number of rotatable bonds is 3. The molecule has 1 saturated heterocycles. The van der Waals surface area contributed by atoms with Gasteiger partial charge in [-0.1, -0.05) is 30.3 Å². The van der Waals surface area contributed by atoms with Crippen molar-refractivity contribution in [2.75, 3.05) is 12.0 Å². The fraction of sp³-hybridized carbons (Fsp3) is 0.0588. The number of methoxy groups -OCH3 is 1. The van der Waals surface area contributed by atoms with E-state index in [1.54, 1.807) is 13.2 Å². The molecule has 2 aromatic carbocycles. The molecule has 3 rings (SSSR count). The van der Waals surface area contributed by atoms with E-state index < -0.39 is 0 Å². The van der Waals surface area contributed by atoms with Gasteiger partial charge in [-0.2, -0.15) is 0 Å². The third-order valence-corrected chi connectivity index (χ3v) is 3.58. The molecule has 0 aliphatic carbocycles. The molecule has 1 aliphatic heterocycles. The zero-order valence-electron chi connectivity index (χ0n) is 11.9. The van der Waals surface area contributed by atoms with Crippen LogP contribution in [0.2, 0.25) is 0 Å². The van der Waals surface area contributed by atoms with Gasteiger partial charge in [0.05, 0.1) is 12.8 Å². The summed E-state index contributed by atoms with van der Waals surface area (Å²) in [4.78, 5) is 14.0. The highest BCUT2D eigenvalue weighted by molar-refractivity contribution is 7.80. The summed E-state index contributed by atoms with van der Waals surface area (Å²) in [6.45, 7) is 0. The molecule has 1 fully saturated rings. The number of thiocarbonyl (C=S) groups is 1. The molecule has 0 bridgehead atoms. The second kappa shape index (κ2) is 5.99. The van der Waals surface area contributed by atoms with Crippen molar-refractivity contribution in [2.24, 2.45) is 0 Å². The number of hydrogen-bond donors (Lipinski definition) is 1. The lowest BCUT2D eigenvalue weighted by Gasteiger charge is -2.13. The Morgan fingerprint density at radius 2 is 1.91 bits per heavy atom. The molecule has 1 amide bonds. The Morgan fingerprint density at radius 3 is 2.64 bits per heavy atom. The topological polar surface area (TPSA) is 41.6 Å². The minimum Gasteiger partial charge on any atom is -0.497 e. The summed E-state index contributed by atoms with van der Waals surface area (Å²) < 4.78 is 5.19. The number of ether oxygens (including phenoxy) is 1. The minimum atomic E-state index is -0.168. The van der Waals surface area contributed by atoms with Crippen molar-refractivity contribution in [1.82, 2.24) is 5.32 Å². The normalized spacial score (nSPS) is 16.0. The van der Waals surface area contributed by atoms with E-state index in [9.17, 15) is 4.79 Å². The molecule has 0 atom stereocenters. The van der Waals surface area contributed by atoms with Crippen LogP contribution in [0.5, 0.6) is 5.75 Å². The van der Waals surface area contributed by atoms with Gasteiger partial charge in [-0.15, -0.1) is 0 Å². The first kappa shape index (κ1) is 14.3. The van der Waals surface area contributed by atoms with E-state index >= 15 is 0 Å². The number of nitrogens with zero attached hydrogens (tertiary/aromatic N) is 1. The number of anilines is 1. The van der Waals surface area contributed by atoms with Crippen molar-refractivity contribution in [1.29, 1.82) is 0 Å². The Bertz CT molecular complexity index is 756. The quantitative estimate of drug-likeness (QED) is 0.699. The van der Waals surface area contributed by atoms with E-state index in [2.05, 4.69) is 5.32 Å². The monoisotopic (exact) mass is 310 g/mol. The third kappa shape index (κ3) is 2.71. The molecule has 5 heteroatoms. The number of amides is 1. The van der Waals surface area contributed by atoms with Crippen LogP contribution >= 0.6 is 12.2 Å². The van der Waals surface area contributed by atoms with Gasteiger partial charge in [0, 0.05) is 0 Å². The highest BCUT2D eigenvalue weighted by atomic mass is 32.1. The highest BCUT2D eigenvalue weighted by Crippen LogP contribution is 2.23. The summed E-state index contributed by atoms with van der Waals surface area (Å²) in [5.74, 6) is 0.571. The molecule has 110 valence electrons. The average Bonchev–Trinajstić information content (AvgIpc) is 2.82. The van der Waals surface area contributed by atoms with Crippen molar-refractivity contribution in [3.63, 3.8) is 0 Å². The number of benzene rings is 2. The summed E-state index contributed by atoms with van der Waals surface area (Å²) in [7, 11) is 1.61. The second-order valence-corrected chi connectivity index (χ2v) is 5.13. The molecule has 1 aliphatic rings. The van der Waals surface area contributed by atoms with Gasteiger partial charge in [-0.25, -0.2) is 0 Å². The molecule has 1 heterocycles. The molecule has 0 radical (unpaired) electrons. The highest BCUT2D eigenvalue weighted by Gasteiger charge is 2.31. The van der Waals surface area contributed by atoms with Crippen LogP contribution in [0.1, 0.15) is 5.56 Å². The number of para-hydroxylation sites is 1. The van der Waals surface area contributed by atoms with Crippen LogP contribution in [-0.4, -0.2) is 18.1 Å². The lowest BCUT2D eigenvalue weighted by molar-refractivity contribution is -0.113. The van der Waals surface area contributed by atoms with E-state index in [0.717, 1.165) is 17.0 Å². The van der Waals surface area contributed by atoms with E-state index in [1.165, 1.54) is 4.90 Å². The number of carbonyl (C=O) groups excluding carboxylic acids is 1. The second-order valence-electron chi connectivity index (χ2n) is 4.74. The largest absolute Gasteiger partial charge is 0.497 e. The number of carbonyl (C=O) groups is 1. The first-order valence-corrected chi connectivity index (χ1v) is 7.16. The Hall–Kier alpha value is -2.66. The minimum absolute atomic E-state index is 0.168. The average molecular weight is 310 g/mol. The SMILES string of the molecule is COc1cccc(C=C2NC(=S)N(c3ccccc3)C2=O)c1. The lowest BCUT2D eigenvalue weighted by Crippen LogP contribution is -2.30. The maximum Gasteiger partial charge on any atom is 0.281 e. The Balaban J connectivity index is 1.92. The fourth-order valence-electron chi connectivity index (χ4n) is 2.24. The Labute approximate surface area is 134 Å². The van der Waals surface area contributed by atoms with Crippen LogP contribution in [0.25, 0.3) is 6.08 Å². The summed E-state index contributed by atoms with van der Waals surface area (Å²) in [6.07, 6.45) is 1.76. The van der Waals surface area contributed by atoms with Gasteiger partial charge in [0.25, 0.3) is 5.91 Å². The van der Waals surface area contributed by atoms with Gasteiger partial charge in [0.2, 0.25) is 0 Å². The molecule has 0 spiro atoms. The van der Waals surface area contributed by atoms with E-state index in [4.69, 9.17) is 17.0 Å². The van der Waals surface area contributed by atoms with Crippen LogP contribution in [0.3, 0.4) is 0 Å². The fourth-order valence-corrected chi connectivity index (χ4v) is 2.54. The van der Waals surface area contributed by atoms with Crippen molar-refractivity contribution < 1.29 is 9.53 Å². The van der Waals surface area contributed by atoms with Crippen molar-refractivity contribution >= 4 is 35.0 Å². The Morgan fingerprint density at radius 1 is 1.14 bits per heavy atom. The van der Waals surface area contributed by atoms with Crippen LogP contribution in [-0.2, 0) is 4.79 Å².